The number of amides is 1. The molecule has 1 aliphatic rings. The van der Waals surface area contributed by atoms with Crippen LogP contribution in [0.5, 0.6) is 0 Å². The highest BCUT2D eigenvalue weighted by Crippen LogP contribution is 2.24. The molecule has 1 aromatic carbocycles. The van der Waals surface area contributed by atoms with Crippen LogP contribution in [0.3, 0.4) is 0 Å². The normalized spacial score (nSPS) is 19.7. The van der Waals surface area contributed by atoms with E-state index in [-0.39, 0.29) is 17.8 Å². The highest BCUT2D eigenvalue weighted by Gasteiger charge is 2.29. The van der Waals surface area contributed by atoms with Crippen LogP contribution < -0.4 is 10.6 Å². The van der Waals surface area contributed by atoms with Crippen molar-refractivity contribution in [2.24, 2.45) is 0 Å². The molecule has 1 fully saturated rings. The Morgan fingerprint density at radius 2 is 2.17 bits per heavy atom. The summed E-state index contributed by atoms with van der Waals surface area (Å²) < 4.78 is 13.0. The van der Waals surface area contributed by atoms with Gasteiger partial charge in [-0.15, -0.1) is 12.6 Å². The van der Waals surface area contributed by atoms with E-state index in [0.717, 1.165) is 25.2 Å². The summed E-state index contributed by atoms with van der Waals surface area (Å²) in [5.74, 6) is -0.647. The molecule has 126 valence electrons. The minimum atomic E-state index is -0.449. The number of carbonyl (C=O) groups excluding carboxylic acids is 1. The number of hydrogen-bond acceptors (Lipinski definition) is 5. The van der Waals surface area contributed by atoms with Gasteiger partial charge in [0.25, 0.3) is 5.91 Å². The second kappa shape index (κ2) is 7.74. The quantitative estimate of drug-likeness (QED) is 0.584. The lowest BCUT2D eigenvalue weighted by Gasteiger charge is -2.39. The van der Waals surface area contributed by atoms with Crippen molar-refractivity contribution in [3.05, 3.63) is 65.7 Å². The second-order valence-corrected chi connectivity index (χ2v) is 6.09. The van der Waals surface area contributed by atoms with Gasteiger partial charge in [0.1, 0.15) is 11.3 Å². The largest absolute Gasteiger partial charge is 0.328 e. The number of halogens is 1. The van der Waals surface area contributed by atoms with E-state index in [2.05, 4.69) is 33.1 Å². The average Bonchev–Trinajstić information content (AvgIpc) is 2.63. The predicted molar refractivity (Wildman–Crippen MR) is 93.2 cm³/mol. The monoisotopic (exact) mass is 346 g/mol. The van der Waals surface area contributed by atoms with Crippen LogP contribution in [0, 0.1) is 5.82 Å². The standard InChI is InChI=1S/C17H19FN4OS/c18-14-5-3-12(4-6-14)16(23)21-17(24)22-9-8-20-11-15(22)13-2-1-7-19-10-13/h1-7,10,15,17,20,24H,8-9,11H2,(H,21,23). The molecule has 0 radical (unpaired) electrons. The van der Waals surface area contributed by atoms with Gasteiger partial charge in [0.15, 0.2) is 0 Å². The molecule has 24 heavy (non-hydrogen) atoms. The van der Waals surface area contributed by atoms with Crippen LogP contribution in [0.1, 0.15) is 22.0 Å². The van der Waals surface area contributed by atoms with Crippen LogP contribution >= 0.6 is 12.6 Å². The maximum absolute atomic E-state index is 13.0. The van der Waals surface area contributed by atoms with Crippen LogP contribution in [0.25, 0.3) is 0 Å². The number of aromatic nitrogens is 1. The number of nitrogens with zero attached hydrogens (tertiary/aromatic N) is 2. The third kappa shape index (κ3) is 3.92. The lowest BCUT2D eigenvalue weighted by molar-refractivity contribution is 0.0844. The Bertz CT molecular complexity index is 683. The Kier molecular flexibility index (Phi) is 5.44. The summed E-state index contributed by atoms with van der Waals surface area (Å²) in [6.45, 7) is 2.33. The summed E-state index contributed by atoms with van der Waals surface area (Å²) in [6, 6.07) is 9.44. The third-order valence-corrected chi connectivity index (χ3v) is 4.46. The van der Waals surface area contributed by atoms with Crippen molar-refractivity contribution < 1.29 is 9.18 Å². The molecule has 7 heteroatoms. The second-order valence-electron chi connectivity index (χ2n) is 5.60. The van der Waals surface area contributed by atoms with Gasteiger partial charge >= 0.3 is 0 Å². The summed E-state index contributed by atoms with van der Waals surface area (Å²) in [5, 5.41) is 6.22. The molecule has 2 unspecified atom stereocenters. The van der Waals surface area contributed by atoms with Crippen LogP contribution in [-0.2, 0) is 0 Å². The number of rotatable bonds is 4. The van der Waals surface area contributed by atoms with Gasteiger partial charge in [-0.1, -0.05) is 6.07 Å². The lowest BCUT2D eigenvalue weighted by Crippen LogP contribution is -2.54. The number of benzene rings is 1. The molecule has 2 N–H and O–H groups in total. The fraction of sp³-hybridized carbons (Fsp3) is 0.294. The molecule has 0 aliphatic carbocycles. The highest BCUT2D eigenvalue weighted by atomic mass is 32.1. The first-order valence-corrected chi connectivity index (χ1v) is 8.27. The Balaban J connectivity index is 1.71. The van der Waals surface area contributed by atoms with Crippen molar-refractivity contribution >= 4 is 18.5 Å². The zero-order valence-corrected chi connectivity index (χ0v) is 13.9. The number of piperazine rings is 1. The van der Waals surface area contributed by atoms with Crippen LogP contribution in [-0.4, -0.2) is 40.9 Å². The Labute approximate surface area is 145 Å². The molecule has 5 nitrogen and oxygen atoms in total. The molecule has 3 rings (SSSR count). The predicted octanol–water partition coefficient (Wildman–Crippen LogP) is 1.81. The van der Waals surface area contributed by atoms with Crippen molar-refractivity contribution in [1.29, 1.82) is 0 Å². The van der Waals surface area contributed by atoms with Gasteiger partial charge in [0.05, 0.1) is 6.04 Å². The Morgan fingerprint density at radius 3 is 2.88 bits per heavy atom. The smallest absolute Gasteiger partial charge is 0.253 e. The first-order valence-electron chi connectivity index (χ1n) is 7.76. The van der Waals surface area contributed by atoms with E-state index in [1.165, 1.54) is 24.3 Å². The van der Waals surface area contributed by atoms with Crippen molar-refractivity contribution in [1.82, 2.24) is 20.5 Å². The molecular weight excluding hydrogens is 327 g/mol. The van der Waals surface area contributed by atoms with Gasteiger partial charge < -0.3 is 10.6 Å². The van der Waals surface area contributed by atoms with Gasteiger partial charge in [-0.25, -0.2) is 4.39 Å². The van der Waals surface area contributed by atoms with E-state index in [0.29, 0.717) is 5.56 Å². The molecule has 1 aliphatic heterocycles. The third-order valence-electron chi connectivity index (χ3n) is 4.03. The number of nitrogens with one attached hydrogen (secondary N) is 2. The molecule has 2 aromatic rings. The Hall–Kier alpha value is -1.96. The minimum absolute atomic E-state index is 0.0727. The van der Waals surface area contributed by atoms with Crippen LogP contribution in [0.4, 0.5) is 4.39 Å². The zero-order chi connectivity index (χ0) is 16.9. The lowest BCUT2D eigenvalue weighted by atomic mass is 10.1. The van der Waals surface area contributed by atoms with Crippen molar-refractivity contribution in [2.75, 3.05) is 19.6 Å². The number of hydrogen-bond donors (Lipinski definition) is 3. The molecular formula is C17H19FN4OS. The number of thiol groups is 1. The summed E-state index contributed by atoms with van der Waals surface area (Å²) in [6.07, 6.45) is 3.56. The van der Waals surface area contributed by atoms with E-state index in [4.69, 9.17) is 0 Å². The number of pyridine rings is 1. The van der Waals surface area contributed by atoms with E-state index < -0.39 is 5.50 Å². The van der Waals surface area contributed by atoms with E-state index >= 15 is 0 Å². The van der Waals surface area contributed by atoms with Crippen molar-refractivity contribution in [3.8, 4) is 0 Å². The van der Waals surface area contributed by atoms with Crippen LogP contribution in [0.15, 0.2) is 48.8 Å². The highest BCUT2D eigenvalue weighted by molar-refractivity contribution is 7.80. The fourth-order valence-corrected chi connectivity index (χ4v) is 3.17. The molecule has 1 saturated heterocycles. The molecule has 2 heterocycles. The summed E-state index contributed by atoms with van der Waals surface area (Å²) >= 11 is 4.56. The van der Waals surface area contributed by atoms with E-state index in [1.807, 2.05) is 18.3 Å². The van der Waals surface area contributed by atoms with Crippen LogP contribution in [0.2, 0.25) is 0 Å². The SMILES string of the molecule is O=C(NC(S)N1CCNCC1c1cccnc1)c1ccc(F)cc1. The first-order chi connectivity index (χ1) is 11.6. The summed E-state index contributed by atoms with van der Waals surface area (Å²) in [7, 11) is 0. The Morgan fingerprint density at radius 1 is 1.38 bits per heavy atom. The van der Waals surface area contributed by atoms with Crippen molar-refractivity contribution in [2.45, 2.75) is 11.5 Å². The summed E-state index contributed by atoms with van der Waals surface area (Å²) in [4.78, 5) is 18.6. The zero-order valence-electron chi connectivity index (χ0n) is 13.0. The minimum Gasteiger partial charge on any atom is -0.328 e. The maximum atomic E-state index is 13.0. The van der Waals surface area contributed by atoms with E-state index in [9.17, 15) is 9.18 Å². The van der Waals surface area contributed by atoms with Gasteiger partial charge in [0.2, 0.25) is 0 Å². The molecule has 0 saturated carbocycles. The van der Waals surface area contributed by atoms with Gasteiger partial charge in [-0.3, -0.25) is 14.7 Å². The molecule has 0 bridgehead atoms. The van der Waals surface area contributed by atoms with E-state index in [1.54, 1.807) is 6.20 Å². The summed E-state index contributed by atoms with van der Waals surface area (Å²) in [5.41, 5.74) is 1.03. The molecule has 1 aromatic heterocycles. The molecule has 2 atom stereocenters. The van der Waals surface area contributed by atoms with Gasteiger partial charge in [0, 0.05) is 37.6 Å². The fourth-order valence-electron chi connectivity index (χ4n) is 2.78. The number of carbonyl (C=O) groups is 1. The average molecular weight is 346 g/mol. The van der Waals surface area contributed by atoms with Crippen molar-refractivity contribution in [3.63, 3.8) is 0 Å². The van der Waals surface area contributed by atoms with Gasteiger partial charge in [-0.05, 0) is 35.9 Å². The molecule has 1 amide bonds. The molecule has 0 spiro atoms. The topological polar surface area (TPSA) is 57.3 Å². The van der Waals surface area contributed by atoms with Gasteiger partial charge in [-0.2, -0.15) is 0 Å². The first kappa shape index (κ1) is 16.9. The maximum Gasteiger partial charge on any atom is 0.253 e.